The van der Waals surface area contributed by atoms with Crippen LogP contribution in [0.4, 0.5) is 5.13 Å². The van der Waals surface area contributed by atoms with E-state index in [9.17, 15) is 0 Å². The molecule has 3 nitrogen and oxygen atoms in total. The molecule has 0 saturated carbocycles. The van der Waals surface area contributed by atoms with Crippen LogP contribution >= 0.6 is 11.3 Å². The number of hydrogen-bond donors (Lipinski definition) is 1. The Morgan fingerprint density at radius 1 is 1.42 bits per heavy atom. The molecule has 2 rings (SSSR count). The van der Waals surface area contributed by atoms with Crippen LogP contribution in [0.2, 0.25) is 0 Å². The van der Waals surface area contributed by atoms with E-state index in [1.54, 1.807) is 0 Å². The summed E-state index contributed by atoms with van der Waals surface area (Å²) >= 11 is 1.88. The highest BCUT2D eigenvalue weighted by molar-refractivity contribution is 7.15. The minimum Gasteiger partial charge on any atom is -0.345 e. The van der Waals surface area contributed by atoms with Gasteiger partial charge in [0.25, 0.3) is 0 Å². The predicted octanol–water partition coefficient (Wildman–Crippen LogP) is 3.61. The summed E-state index contributed by atoms with van der Waals surface area (Å²) in [5.41, 5.74) is 1.28. The molecule has 1 fully saturated rings. The van der Waals surface area contributed by atoms with Crippen molar-refractivity contribution in [3.05, 3.63) is 10.6 Å². The minimum absolute atomic E-state index is 0.508. The fraction of sp³-hybridized carbons (Fsp3) is 0.800. The normalized spacial score (nSPS) is 23.6. The zero-order chi connectivity index (χ0) is 14.0. The molecule has 2 unspecified atom stereocenters. The zero-order valence-corrected chi connectivity index (χ0v) is 13.7. The molecule has 2 heterocycles. The first-order valence-electron chi connectivity index (χ1n) is 7.49. The summed E-state index contributed by atoms with van der Waals surface area (Å²) in [7, 11) is 0. The van der Waals surface area contributed by atoms with E-state index >= 15 is 0 Å². The lowest BCUT2D eigenvalue weighted by Crippen LogP contribution is -2.26. The highest BCUT2D eigenvalue weighted by atomic mass is 32.1. The molecule has 0 spiro atoms. The maximum Gasteiger partial charge on any atom is 0.186 e. The summed E-state index contributed by atoms with van der Waals surface area (Å²) in [6, 6.07) is 0.633. The third-order valence-electron chi connectivity index (χ3n) is 3.83. The second-order valence-electron chi connectivity index (χ2n) is 6.08. The van der Waals surface area contributed by atoms with Crippen molar-refractivity contribution in [3.63, 3.8) is 0 Å². The number of rotatable bonds is 5. The molecule has 108 valence electrons. The average Bonchev–Trinajstić information content (AvgIpc) is 2.90. The quantitative estimate of drug-likeness (QED) is 0.893. The number of aromatic nitrogens is 1. The summed E-state index contributed by atoms with van der Waals surface area (Å²) in [4.78, 5) is 8.85. The predicted molar refractivity (Wildman–Crippen MR) is 84.2 cm³/mol. The van der Waals surface area contributed by atoms with Crippen LogP contribution in [0.25, 0.3) is 0 Å². The molecule has 1 aliphatic rings. The van der Waals surface area contributed by atoms with Gasteiger partial charge in [-0.15, -0.1) is 11.3 Å². The summed E-state index contributed by atoms with van der Waals surface area (Å²) in [6.45, 7) is 14.4. The fourth-order valence-electron chi connectivity index (χ4n) is 2.86. The Morgan fingerprint density at radius 3 is 2.68 bits per heavy atom. The minimum atomic E-state index is 0.508. The second-order valence-corrected chi connectivity index (χ2v) is 7.14. The van der Waals surface area contributed by atoms with E-state index in [-0.39, 0.29) is 0 Å². The van der Waals surface area contributed by atoms with E-state index in [2.05, 4.69) is 44.8 Å². The number of hydrogen-bond acceptors (Lipinski definition) is 4. The molecule has 0 radical (unpaired) electrons. The smallest absolute Gasteiger partial charge is 0.186 e. The fourth-order valence-corrected chi connectivity index (χ4v) is 4.15. The topological polar surface area (TPSA) is 28.2 Å². The van der Waals surface area contributed by atoms with Gasteiger partial charge in [0.15, 0.2) is 5.13 Å². The highest BCUT2D eigenvalue weighted by Gasteiger charge is 2.29. The molecule has 2 atom stereocenters. The van der Waals surface area contributed by atoms with E-state index in [1.807, 2.05) is 11.3 Å². The van der Waals surface area contributed by atoms with Gasteiger partial charge in [-0.2, -0.15) is 0 Å². The van der Waals surface area contributed by atoms with Gasteiger partial charge in [0.05, 0.1) is 5.69 Å². The molecule has 0 aromatic carbocycles. The Kier molecular flexibility index (Phi) is 4.85. The maximum absolute atomic E-state index is 4.93. The van der Waals surface area contributed by atoms with Gasteiger partial charge in [-0.1, -0.05) is 27.7 Å². The number of anilines is 1. The Balaban J connectivity index is 2.22. The lowest BCUT2D eigenvalue weighted by molar-refractivity contribution is 0.625. The molecule has 19 heavy (non-hydrogen) atoms. The number of nitrogens with one attached hydrogen (secondary N) is 1. The van der Waals surface area contributed by atoms with E-state index < -0.39 is 0 Å². The van der Waals surface area contributed by atoms with E-state index in [0.717, 1.165) is 25.6 Å². The summed E-state index contributed by atoms with van der Waals surface area (Å²) in [6.07, 6.45) is 1.29. The van der Waals surface area contributed by atoms with Crippen molar-refractivity contribution in [2.24, 2.45) is 5.92 Å². The molecule has 4 heteroatoms. The van der Waals surface area contributed by atoms with E-state index in [1.165, 1.54) is 22.1 Å². The summed E-state index contributed by atoms with van der Waals surface area (Å²) in [5, 5.41) is 4.67. The Morgan fingerprint density at radius 2 is 2.16 bits per heavy atom. The monoisotopic (exact) mass is 281 g/mol. The van der Waals surface area contributed by atoms with Crippen molar-refractivity contribution in [1.82, 2.24) is 10.3 Å². The van der Waals surface area contributed by atoms with Crippen LogP contribution in [-0.4, -0.2) is 24.1 Å². The van der Waals surface area contributed by atoms with Crippen LogP contribution < -0.4 is 10.2 Å². The van der Waals surface area contributed by atoms with Crippen LogP contribution in [0.1, 0.15) is 57.5 Å². The van der Waals surface area contributed by atoms with Gasteiger partial charge in [-0.3, -0.25) is 0 Å². The van der Waals surface area contributed by atoms with Crippen LogP contribution in [0.5, 0.6) is 0 Å². The van der Waals surface area contributed by atoms with Crippen LogP contribution in [0.3, 0.4) is 0 Å². The van der Waals surface area contributed by atoms with Gasteiger partial charge in [-0.05, 0) is 31.7 Å². The van der Waals surface area contributed by atoms with E-state index in [4.69, 9.17) is 4.98 Å². The Labute approximate surface area is 121 Å². The maximum atomic E-state index is 4.93. The molecular weight excluding hydrogens is 254 g/mol. The van der Waals surface area contributed by atoms with Crippen LogP contribution in [0, 0.1) is 5.92 Å². The third kappa shape index (κ3) is 3.29. The molecule has 1 saturated heterocycles. The van der Waals surface area contributed by atoms with Gasteiger partial charge in [0, 0.05) is 24.0 Å². The van der Waals surface area contributed by atoms with Gasteiger partial charge in [0.2, 0.25) is 0 Å². The first kappa shape index (κ1) is 14.8. The van der Waals surface area contributed by atoms with Crippen molar-refractivity contribution < 1.29 is 0 Å². The first-order valence-corrected chi connectivity index (χ1v) is 8.31. The molecule has 0 amide bonds. The van der Waals surface area contributed by atoms with Crippen LogP contribution in [0.15, 0.2) is 0 Å². The molecule has 1 aliphatic heterocycles. The molecule has 0 bridgehead atoms. The Hall–Kier alpha value is -0.610. The molecular formula is C15H27N3S. The van der Waals surface area contributed by atoms with Crippen LogP contribution in [-0.2, 0) is 6.54 Å². The van der Waals surface area contributed by atoms with Crippen molar-refractivity contribution >= 4 is 16.5 Å². The summed E-state index contributed by atoms with van der Waals surface area (Å²) < 4.78 is 0. The SMILES string of the molecule is CCNCc1sc(N2CC(C)CC2C)nc1C(C)C. The van der Waals surface area contributed by atoms with Gasteiger partial charge in [-0.25, -0.2) is 4.98 Å². The molecule has 1 N–H and O–H groups in total. The lowest BCUT2D eigenvalue weighted by Gasteiger charge is -2.20. The standard InChI is InChI=1S/C15H27N3S/c1-6-16-8-13-14(10(2)3)17-15(19-13)18-9-11(4)7-12(18)5/h10-12,16H,6-9H2,1-5H3. The van der Waals surface area contributed by atoms with E-state index in [0.29, 0.717) is 12.0 Å². The number of nitrogens with zero attached hydrogens (tertiary/aromatic N) is 2. The molecule has 0 aliphatic carbocycles. The van der Waals surface area contributed by atoms with Crippen molar-refractivity contribution in [2.75, 3.05) is 18.0 Å². The van der Waals surface area contributed by atoms with Crippen molar-refractivity contribution in [1.29, 1.82) is 0 Å². The van der Waals surface area contributed by atoms with Crippen molar-refractivity contribution in [3.8, 4) is 0 Å². The third-order valence-corrected chi connectivity index (χ3v) is 4.94. The summed E-state index contributed by atoms with van der Waals surface area (Å²) in [5.74, 6) is 1.30. The average molecular weight is 281 g/mol. The molecule has 1 aromatic rings. The number of thiazole rings is 1. The first-order chi connectivity index (χ1) is 9.02. The lowest BCUT2D eigenvalue weighted by atomic mass is 10.1. The van der Waals surface area contributed by atoms with Crippen molar-refractivity contribution in [2.45, 2.75) is 59.5 Å². The van der Waals surface area contributed by atoms with Gasteiger partial charge in [0.1, 0.15) is 0 Å². The van der Waals surface area contributed by atoms with Gasteiger partial charge < -0.3 is 10.2 Å². The van der Waals surface area contributed by atoms with Gasteiger partial charge >= 0.3 is 0 Å². The largest absolute Gasteiger partial charge is 0.345 e. The molecule has 1 aromatic heterocycles. The second kappa shape index (κ2) is 6.23. The zero-order valence-electron chi connectivity index (χ0n) is 12.9. The highest BCUT2D eigenvalue weighted by Crippen LogP contribution is 2.35. The Bertz CT molecular complexity index is 414.